The Morgan fingerprint density at radius 2 is 2.19 bits per heavy atom. The van der Waals surface area contributed by atoms with Crippen LogP contribution in [0.5, 0.6) is 11.6 Å². The largest absolute Gasteiger partial charge is 0.507 e. The lowest BCUT2D eigenvalue weighted by Crippen LogP contribution is -2.43. The van der Waals surface area contributed by atoms with E-state index in [4.69, 9.17) is 4.99 Å². The summed E-state index contributed by atoms with van der Waals surface area (Å²) in [6.07, 6.45) is 3.02. The van der Waals surface area contributed by atoms with Gasteiger partial charge in [-0.05, 0) is 37.9 Å². The number of halogens is 1. The molecule has 0 amide bonds. The third kappa shape index (κ3) is 3.90. The molecule has 0 unspecified atom stereocenters. The minimum Gasteiger partial charge on any atom is -0.507 e. The predicted molar refractivity (Wildman–Crippen MR) is 103 cm³/mol. The molecule has 0 aliphatic carbocycles. The number of phenols is 1. The SMILES string of the molecule is Oc1cc(F)ccc1C(=N[C@H]1CCNC1)c1sc(N2CCCCN2)nc1O. The van der Waals surface area contributed by atoms with E-state index in [1.165, 1.54) is 23.5 Å². The third-order valence-corrected chi connectivity index (χ3v) is 5.79. The van der Waals surface area contributed by atoms with Crippen LogP contribution in [0.2, 0.25) is 0 Å². The fraction of sp³-hybridized carbons (Fsp3) is 0.444. The van der Waals surface area contributed by atoms with Crippen molar-refractivity contribution in [3.63, 3.8) is 0 Å². The molecule has 1 aromatic carbocycles. The first-order chi connectivity index (χ1) is 13.1. The zero-order valence-corrected chi connectivity index (χ0v) is 15.6. The molecule has 2 fully saturated rings. The Morgan fingerprint density at radius 1 is 1.30 bits per heavy atom. The van der Waals surface area contributed by atoms with Crippen LogP contribution in [0, 0.1) is 5.82 Å². The van der Waals surface area contributed by atoms with Crippen molar-refractivity contribution in [2.45, 2.75) is 25.3 Å². The van der Waals surface area contributed by atoms with Crippen LogP contribution in [0.15, 0.2) is 23.2 Å². The zero-order valence-electron chi connectivity index (χ0n) is 14.8. The highest BCUT2D eigenvalue weighted by Crippen LogP contribution is 2.35. The van der Waals surface area contributed by atoms with Crippen molar-refractivity contribution in [3.05, 3.63) is 34.5 Å². The second-order valence-corrected chi connectivity index (χ2v) is 7.68. The summed E-state index contributed by atoms with van der Waals surface area (Å²) in [6, 6.07) is 3.86. The van der Waals surface area contributed by atoms with Gasteiger partial charge in [0.05, 0.1) is 11.8 Å². The van der Waals surface area contributed by atoms with E-state index in [0.717, 1.165) is 51.5 Å². The van der Waals surface area contributed by atoms with Crippen LogP contribution in [0.3, 0.4) is 0 Å². The molecule has 7 nitrogen and oxygen atoms in total. The molecule has 144 valence electrons. The van der Waals surface area contributed by atoms with Crippen LogP contribution >= 0.6 is 11.3 Å². The Bertz CT molecular complexity index is 844. The predicted octanol–water partition coefficient (Wildman–Crippen LogP) is 2.00. The number of rotatable bonds is 4. The summed E-state index contributed by atoms with van der Waals surface area (Å²) >= 11 is 1.31. The van der Waals surface area contributed by atoms with E-state index in [2.05, 4.69) is 15.7 Å². The quantitative estimate of drug-likeness (QED) is 0.596. The molecule has 3 heterocycles. The van der Waals surface area contributed by atoms with Crippen LogP contribution in [0.1, 0.15) is 29.7 Å². The second-order valence-electron chi connectivity index (χ2n) is 6.70. The van der Waals surface area contributed by atoms with Crippen molar-refractivity contribution >= 4 is 22.2 Å². The van der Waals surface area contributed by atoms with Crippen molar-refractivity contribution in [1.82, 2.24) is 15.7 Å². The van der Waals surface area contributed by atoms with Gasteiger partial charge in [-0.25, -0.2) is 9.82 Å². The van der Waals surface area contributed by atoms with E-state index in [9.17, 15) is 14.6 Å². The maximum absolute atomic E-state index is 13.5. The normalized spacial score (nSPS) is 21.0. The Hall–Kier alpha value is -2.23. The number of anilines is 1. The highest BCUT2D eigenvalue weighted by atomic mass is 32.1. The van der Waals surface area contributed by atoms with Crippen LogP contribution in [0.4, 0.5) is 9.52 Å². The van der Waals surface area contributed by atoms with E-state index in [-0.39, 0.29) is 17.7 Å². The topological polar surface area (TPSA) is 93.0 Å². The van der Waals surface area contributed by atoms with Gasteiger partial charge >= 0.3 is 0 Å². The number of aliphatic imine (C=N–C) groups is 1. The summed E-state index contributed by atoms with van der Waals surface area (Å²) < 4.78 is 13.5. The molecular weight excluding hydrogens is 369 g/mol. The fourth-order valence-corrected chi connectivity index (χ4v) is 4.29. The Morgan fingerprint density at radius 3 is 2.89 bits per heavy atom. The summed E-state index contributed by atoms with van der Waals surface area (Å²) in [4.78, 5) is 9.53. The van der Waals surface area contributed by atoms with Gasteiger partial charge in [0.25, 0.3) is 0 Å². The van der Waals surface area contributed by atoms with Crippen LogP contribution < -0.4 is 15.8 Å². The van der Waals surface area contributed by atoms with E-state index in [1.54, 1.807) is 0 Å². The molecule has 1 aromatic heterocycles. The van der Waals surface area contributed by atoms with Gasteiger partial charge in [0, 0.05) is 31.3 Å². The van der Waals surface area contributed by atoms with Gasteiger partial charge in [0.15, 0.2) is 0 Å². The number of nitrogens with zero attached hydrogens (tertiary/aromatic N) is 3. The van der Waals surface area contributed by atoms with E-state index < -0.39 is 5.82 Å². The minimum absolute atomic E-state index is 0.0301. The van der Waals surface area contributed by atoms with Crippen molar-refractivity contribution in [2.24, 2.45) is 4.99 Å². The summed E-state index contributed by atoms with van der Waals surface area (Å²) in [5.41, 5.74) is 4.10. The van der Waals surface area contributed by atoms with Gasteiger partial charge < -0.3 is 15.5 Å². The fourth-order valence-electron chi connectivity index (χ4n) is 3.31. The molecule has 9 heteroatoms. The van der Waals surface area contributed by atoms with Gasteiger partial charge in [-0.2, -0.15) is 4.98 Å². The minimum atomic E-state index is -0.523. The molecule has 0 saturated carbocycles. The first kappa shape index (κ1) is 18.1. The monoisotopic (exact) mass is 391 g/mol. The van der Waals surface area contributed by atoms with Crippen molar-refractivity contribution in [3.8, 4) is 11.6 Å². The number of hydrazine groups is 1. The van der Waals surface area contributed by atoms with E-state index in [0.29, 0.717) is 21.3 Å². The molecule has 4 N–H and O–H groups in total. The van der Waals surface area contributed by atoms with Gasteiger partial charge in [-0.1, -0.05) is 11.3 Å². The first-order valence-corrected chi connectivity index (χ1v) is 9.92. The Balaban J connectivity index is 1.75. The number of aromatic hydroxyl groups is 2. The number of nitrogens with one attached hydrogen (secondary N) is 2. The molecular formula is C18H22FN5O2S. The Labute approximate surface area is 160 Å². The zero-order chi connectivity index (χ0) is 18.8. The summed E-state index contributed by atoms with van der Waals surface area (Å²) in [5.74, 6) is -0.856. The highest BCUT2D eigenvalue weighted by molar-refractivity contribution is 7.18. The van der Waals surface area contributed by atoms with E-state index >= 15 is 0 Å². The van der Waals surface area contributed by atoms with Crippen LogP contribution in [0.25, 0.3) is 0 Å². The van der Waals surface area contributed by atoms with Crippen LogP contribution in [-0.4, -0.2) is 53.1 Å². The third-order valence-electron chi connectivity index (χ3n) is 4.72. The Kier molecular flexibility index (Phi) is 5.24. The molecule has 2 aromatic rings. The first-order valence-electron chi connectivity index (χ1n) is 9.10. The van der Waals surface area contributed by atoms with Crippen molar-refractivity contribution in [2.75, 3.05) is 31.2 Å². The number of aromatic nitrogens is 1. The molecule has 27 heavy (non-hydrogen) atoms. The lowest BCUT2D eigenvalue weighted by molar-refractivity contribution is 0.452. The number of hydrogen-bond donors (Lipinski definition) is 4. The van der Waals surface area contributed by atoms with E-state index in [1.807, 2.05) is 5.01 Å². The molecule has 0 bridgehead atoms. The number of benzene rings is 1. The van der Waals surface area contributed by atoms with Crippen molar-refractivity contribution < 1.29 is 14.6 Å². The maximum atomic E-state index is 13.5. The molecule has 0 radical (unpaired) electrons. The van der Waals surface area contributed by atoms with Gasteiger partial charge in [-0.15, -0.1) is 0 Å². The maximum Gasteiger partial charge on any atom is 0.233 e. The lowest BCUT2D eigenvalue weighted by Gasteiger charge is -2.26. The molecule has 2 aliphatic rings. The lowest BCUT2D eigenvalue weighted by atomic mass is 10.1. The van der Waals surface area contributed by atoms with Gasteiger partial charge in [0.2, 0.25) is 11.0 Å². The highest BCUT2D eigenvalue weighted by Gasteiger charge is 2.25. The molecule has 0 spiro atoms. The molecule has 2 saturated heterocycles. The average molecular weight is 391 g/mol. The smallest absolute Gasteiger partial charge is 0.233 e. The average Bonchev–Trinajstić information content (AvgIpc) is 3.31. The summed E-state index contributed by atoms with van der Waals surface area (Å²) in [6.45, 7) is 3.27. The van der Waals surface area contributed by atoms with Crippen LogP contribution in [-0.2, 0) is 0 Å². The number of hydrogen-bond acceptors (Lipinski definition) is 8. The number of thiazole rings is 1. The summed E-state index contributed by atoms with van der Waals surface area (Å²) in [7, 11) is 0. The molecule has 2 aliphatic heterocycles. The molecule has 1 atom stereocenters. The molecule has 4 rings (SSSR count). The standard InChI is InChI=1S/C18H22FN5O2S/c19-11-3-4-13(14(25)9-11)15(22-12-5-7-20-10-12)16-17(26)23-18(27-16)24-8-2-1-6-21-24/h3-4,9,12,20-21,25-26H,1-2,5-8,10H2/t12-/m0/s1. The van der Waals surface area contributed by atoms with Gasteiger partial charge in [0.1, 0.15) is 16.4 Å². The van der Waals surface area contributed by atoms with Gasteiger partial charge in [-0.3, -0.25) is 10.0 Å². The second kappa shape index (κ2) is 7.79. The van der Waals surface area contributed by atoms with Crippen molar-refractivity contribution in [1.29, 1.82) is 0 Å². The number of phenolic OH excluding ortho intramolecular Hbond substituents is 1. The summed E-state index contributed by atoms with van der Waals surface area (Å²) in [5, 5.41) is 26.6.